The molecular formula is C16H25N3O3Si. The second kappa shape index (κ2) is 8.08. The van der Waals surface area contributed by atoms with E-state index in [1.807, 2.05) is 6.92 Å². The van der Waals surface area contributed by atoms with Crippen LogP contribution in [-0.4, -0.2) is 41.0 Å². The SMILES string of the molecule is C#Cc1cnc(C(CC)C(=N)C(=O)O)n1COCC[Si](C)(C)C. The molecule has 0 radical (unpaired) electrons. The average molecular weight is 335 g/mol. The van der Waals surface area contributed by atoms with E-state index in [0.717, 1.165) is 6.04 Å². The number of rotatable bonds is 9. The van der Waals surface area contributed by atoms with Crippen LogP contribution in [0, 0.1) is 17.8 Å². The fourth-order valence-electron chi connectivity index (χ4n) is 2.12. The first-order chi connectivity index (χ1) is 10.7. The molecule has 0 fully saturated rings. The Morgan fingerprint density at radius 1 is 1.57 bits per heavy atom. The number of nitrogens with zero attached hydrogens (tertiary/aromatic N) is 2. The van der Waals surface area contributed by atoms with Crippen LogP contribution in [0.3, 0.4) is 0 Å². The third kappa shape index (κ3) is 5.34. The van der Waals surface area contributed by atoms with Crippen molar-refractivity contribution in [3.8, 4) is 12.3 Å². The lowest BCUT2D eigenvalue weighted by molar-refractivity contribution is -0.129. The van der Waals surface area contributed by atoms with Crippen LogP contribution in [0.2, 0.25) is 25.7 Å². The fourth-order valence-corrected chi connectivity index (χ4v) is 2.87. The van der Waals surface area contributed by atoms with E-state index in [9.17, 15) is 4.79 Å². The highest BCUT2D eigenvalue weighted by molar-refractivity contribution is 6.76. The minimum Gasteiger partial charge on any atom is -0.477 e. The summed E-state index contributed by atoms with van der Waals surface area (Å²) in [5, 5.41) is 16.8. The van der Waals surface area contributed by atoms with Crippen molar-refractivity contribution >= 4 is 19.8 Å². The lowest BCUT2D eigenvalue weighted by Crippen LogP contribution is -2.25. The van der Waals surface area contributed by atoms with E-state index in [0.29, 0.717) is 24.5 Å². The van der Waals surface area contributed by atoms with Crippen molar-refractivity contribution in [2.45, 2.75) is 51.7 Å². The molecular weight excluding hydrogens is 310 g/mol. The van der Waals surface area contributed by atoms with Gasteiger partial charge in [-0.2, -0.15) is 0 Å². The first kappa shape index (κ1) is 19.1. The van der Waals surface area contributed by atoms with E-state index < -0.39 is 20.0 Å². The number of ether oxygens (including phenoxy) is 1. The highest BCUT2D eigenvalue weighted by Gasteiger charge is 2.26. The van der Waals surface area contributed by atoms with Gasteiger partial charge in [0.1, 0.15) is 24.0 Å². The van der Waals surface area contributed by atoms with Gasteiger partial charge in [0.25, 0.3) is 0 Å². The smallest absolute Gasteiger partial charge is 0.350 e. The van der Waals surface area contributed by atoms with E-state index in [4.69, 9.17) is 21.7 Å². The molecule has 0 bridgehead atoms. The number of aliphatic carboxylic acids is 1. The Kier molecular flexibility index (Phi) is 6.73. The molecule has 1 unspecified atom stereocenters. The summed E-state index contributed by atoms with van der Waals surface area (Å²) in [4.78, 5) is 15.3. The summed E-state index contributed by atoms with van der Waals surface area (Å²) in [5.41, 5.74) is 0.148. The van der Waals surface area contributed by atoms with Crippen LogP contribution in [0.25, 0.3) is 0 Å². The molecule has 1 aromatic heterocycles. The molecule has 0 amide bonds. The van der Waals surface area contributed by atoms with Crippen LogP contribution in [-0.2, 0) is 16.3 Å². The number of carboxylic acid groups (broad SMARTS) is 1. The molecule has 1 atom stereocenters. The number of carboxylic acids is 1. The topological polar surface area (TPSA) is 88.2 Å². The molecule has 7 heteroatoms. The third-order valence-electron chi connectivity index (χ3n) is 3.55. The Labute approximate surface area is 138 Å². The highest BCUT2D eigenvalue weighted by Crippen LogP contribution is 2.21. The third-order valence-corrected chi connectivity index (χ3v) is 5.25. The van der Waals surface area contributed by atoms with Gasteiger partial charge in [0.2, 0.25) is 0 Å². The molecule has 6 nitrogen and oxygen atoms in total. The molecule has 0 aliphatic rings. The zero-order valence-electron chi connectivity index (χ0n) is 14.2. The minimum atomic E-state index is -1.24. The molecule has 23 heavy (non-hydrogen) atoms. The van der Waals surface area contributed by atoms with Gasteiger partial charge in [-0.05, 0) is 12.5 Å². The quantitative estimate of drug-likeness (QED) is 0.314. The molecule has 126 valence electrons. The summed E-state index contributed by atoms with van der Waals surface area (Å²) >= 11 is 0. The first-order valence-corrected chi connectivity index (χ1v) is 11.3. The normalized spacial score (nSPS) is 12.7. The van der Waals surface area contributed by atoms with Crippen molar-refractivity contribution in [2.24, 2.45) is 0 Å². The average Bonchev–Trinajstić information content (AvgIpc) is 2.86. The summed E-state index contributed by atoms with van der Waals surface area (Å²) in [6.45, 7) is 9.49. The second-order valence-corrected chi connectivity index (χ2v) is 12.2. The lowest BCUT2D eigenvalue weighted by Gasteiger charge is -2.18. The van der Waals surface area contributed by atoms with Gasteiger partial charge in [-0.15, -0.1) is 6.42 Å². The van der Waals surface area contributed by atoms with Gasteiger partial charge < -0.3 is 9.84 Å². The predicted molar refractivity (Wildman–Crippen MR) is 92.7 cm³/mol. The van der Waals surface area contributed by atoms with Gasteiger partial charge in [-0.3, -0.25) is 9.98 Å². The number of terminal acetylenes is 1. The monoisotopic (exact) mass is 335 g/mol. The minimum absolute atomic E-state index is 0.225. The summed E-state index contributed by atoms with van der Waals surface area (Å²) < 4.78 is 7.41. The maximum absolute atomic E-state index is 11.1. The van der Waals surface area contributed by atoms with Gasteiger partial charge in [0.05, 0.1) is 12.1 Å². The highest BCUT2D eigenvalue weighted by atomic mass is 28.3. The van der Waals surface area contributed by atoms with Crippen molar-refractivity contribution in [1.82, 2.24) is 9.55 Å². The number of nitrogens with one attached hydrogen (secondary N) is 1. The Balaban J connectivity index is 2.94. The largest absolute Gasteiger partial charge is 0.477 e. The Hall–Kier alpha value is -1.91. The second-order valence-electron chi connectivity index (χ2n) is 6.60. The molecule has 0 aromatic carbocycles. The van der Waals surface area contributed by atoms with Gasteiger partial charge in [-0.1, -0.05) is 32.5 Å². The zero-order valence-corrected chi connectivity index (χ0v) is 15.2. The van der Waals surface area contributed by atoms with Crippen LogP contribution in [0.4, 0.5) is 0 Å². The Morgan fingerprint density at radius 3 is 2.70 bits per heavy atom. The molecule has 0 aliphatic carbocycles. The van der Waals surface area contributed by atoms with Gasteiger partial charge >= 0.3 is 5.97 Å². The van der Waals surface area contributed by atoms with Crippen molar-refractivity contribution in [2.75, 3.05) is 6.61 Å². The Bertz CT molecular complexity index is 611. The van der Waals surface area contributed by atoms with E-state index >= 15 is 0 Å². The Morgan fingerprint density at radius 2 is 2.22 bits per heavy atom. The summed E-state index contributed by atoms with van der Waals surface area (Å²) in [5.74, 6) is 1.16. The summed E-state index contributed by atoms with van der Waals surface area (Å²) in [6, 6.07) is 1.03. The van der Waals surface area contributed by atoms with E-state index in [1.165, 1.54) is 6.20 Å². The van der Waals surface area contributed by atoms with Crippen LogP contribution < -0.4 is 0 Å². The lowest BCUT2D eigenvalue weighted by atomic mass is 9.99. The molecule has 0 saturated carbocycles. The fraction of sp³-hybridized carbons (Fsp3) is 0.562. The molecule has 0 saturated heterocycles. The molecule has 0 aliphatic heterocycles. The maximum Gasteiger partial charge on any atom is 0.350 e. The van der Waals surface area contributed by atoms with Crippen molar-refractivity contribution in [3.63, 3.8) is 0 Å². The van der Waals surface area contributed by atoms with Crippen molar-refractivity contribution < 1.29 is 14.6 Å². The first-order valence-electron chi connectivity index (χ1n) is 7.62. The molecule has 1 aromatic rings. The zero-order chi connectivity index (χ0) is 17.6. The number of aromatic nitrogens is 2. The van der Waals surface area contributed by atoms with E-state index in [2.05, 4.69) is 30.5 Å². The van der Waals surface area contributed by atoms with E-state index in [-0.39, 0.29) is 12.4 Å². The van der Waals surface area contributed by atoms with E-state index in [1.54, 1.807) is 4.57 Å². The number of hydrogen-bond donors (Lipinski definition) is 2. The van der Waals surface area contributed by atoms with Crippen molar-refractivity contribution in [3.05, 3.63) is 17.7 Å². The molecule has 1 heterocycles. The van der Waals surface area contributed by atoms with Crippen LogP contribution in [0.15, 0.2) is 6.20 Å². The number of imidazole rings is 1. The van der Waals surface area contributed by atoms with Crippen LogP contribution >= 0.6 is 0 Å². The number of hydrogen-bond acceptors (Lipinski definition) is 4. The van der Waals surface area contributed by atoms with Gasteiger partial charge in [0.15, 0.2) is 0 Å². The van der Waals surface area contributed by atoms with Crippen molar-refractivity contribution in [1.29, 1.82) is 5.41 Å². The standard InChI is InChI=1S/C16H25N3O3Si/c1-6-12-10-18-15(13(7-2)14(17)16(20)21)19(12)11-22-8-9-23(3,4)5/h1,10,13,17H,7-9,11H2,2-5H3,(H,20,21). The summed E-state index contributed by atoms with van der Waals surface area (Å²) in [6.07, 6.45) is 7.47. The van der Waals surface area contributed by atoms with Crippen LogP contribution in [0.1, 0.15) is 30.8 Å². The van der Waals surface area contributed by atoms with Gasteiger partial charge in [0, 0.05) is 14.7 Å². The molecule has 1 rings (SSSR count). The summed E-state index contributed by atoms with van der Waals surface area (Å²) in [7, 11) is -1.18. The molecule has 0 spiro atoms. The molecule has 2 N–H and O–H groups in total. The number of carbonyl (C=O) groups is 1. The van der Waals surface area contributed by atoms with Crippen LogP contribution in [0.5, 0.6) is 0 Å². The maximum atomic E-state index is 11.1. The van der Waals surface area contributed by atoms with Gasteiger partial charge in [-0.25, -0.2) is 9.78 Å². The predicted octanol–water partition coefficient (Wildman–Crippen LogP) is 2.77.